The zero-order valence-electron chi connectivity index (χ0n) is 14.8. The van der Waals surface area contributed by atoms with Gasteiger partial charge in [0.1, 0.15) is 0 Å². The molecule has 0 bridgehead atoms. The van der Waals surface area contributed by atoms with E-state index in [-0.39, 0.29) is 24.1 Å². The van der Waals surface area contributed by atoms with E-state index in [1.54, 1.807) is 29.2 Å². The minimum absolute atomic E-state index is 0.0738. The second kappa shape index (κ2) is 7.39. The van der Waals surface area contributed by atoms with Gasteiger partial charge < -0.3 is 15.5 Å². The highest BCUT2D eigenvalue weighted by molar-refractivity contribution is 6.07. The molecule has 0 aliphatic carbocycles. The zero-order valence-corrected chi connectivity index (χ0v) is 14.8. The number of carbonyl (C=O) groups excluding carboxylic acids is 3. The van der Waals surface area contributed by atoms with Gasteiger partial charge in [0.25, 0.3) is 5.91 Å². The SMILES string of the molecule is CNC(=O)c1ccccc1NC(=O)[C@@H]1CC(=O)N(c2cccc(C)c2)C1. The number of hydrogen-bond donors (Lipinski definition) is 2. The molecular formula is C20H21N3O3. The van der Waals surface area contributed by atoms with Gasteiger partial charge in [0.2, 0.25) is 11.8 Å². The van der Waals surface area contributed by atoms with E-state index < -0.39 is 5.92 Å². The molecule has 6 heteroatoms. The van der Waals surface area contributed by atoms with Crippen molar-refractivity contribution in [3.05, 3.63) is 59.7 Å². The summed E-state index contributed by atoms with van der Waals surface area (Å²) in [7, 11) is 1.54. The summed E-state index contributed by atoms with van der Waals surface area (Å²) in [5.41, 5.74) is 2.69. The van der Waals surface area contributed by atoms with Gasteiger partial charge in [-0.15, -0.1) is 0 Å². The lowest BCUT2D eigenvalue weighted by molar-refractivity contribution is -0.122. The molecule has 1 fully saturated rings. The predicted octanol–water partition coefficient (Wildman–Crippen LogP) is 2.35. The summed E-state index contributed by atoms with van der Waals surface area (Å²) in [5.74, 6) is -1.06. The van der Waals surface area contributed by atoms with Crippen molar-refractivity contribution in [1.82, 2.24) is 5.32 Å². The van der Waals surface area contributed by atoms with Crippen LogP contribution in [-0.4, -0.2) is 31.3 Å². The highest BCUT2D eigenvalue weighted by Gasteiger charge is 2.35. The average molecular weight is 351 g/mol. The van der Waals surface area contributed by atoms with Crippen LogP contribution in [0.2, 0.25) is 0 Å². The Morgan fingerprint density at radius 3 is 2.62 bits per heavy atom. The first-order chi connectivity index (χ1) is 12.5. The van der Waals surface area contributed by atoms with E-state index in [9.17, 15) is 14.4 Å². The fraction of sp³-hybridized carbons (Fsp3) is 0.250. The standard InChI is InChI=1S/C20H21N3O3/c1-13-6-5-7-15(10-13)23-12-14(11-18(23)24)19(25)22-17-9-4-3-8-16(17)20(26)21-2/h3-10,14H,11-12H2,1-2H3,(H,21,26)(H,22,25)/t14-/m1/s1. The first-order valence-corrected chi connectivity index (χ1v) is 8.48. The highest BCUT2D eigenvalue weighted by atomic mass is 16.2. The second-order valence-electron chi connectivity index (χ2n) is 6.36. The molecule has 3 amide bonds. The van der Waals surface area contributed by atoms with Crippen LogP contribution in [0.4, 0.5) is 11.4 Å². The normalized spacial score (nSPS) is 16.5. The second-order valence-corrected chi connectivity index (χ2v) is 6.36. The van der Waals surface area contributed by atoms with Crippen LogP contribution in [0.1, 0.15) is 22.3 Å². The van der Waals surface area contributed by atoms with Crippen LogP contribution in [0.25, 0.3) is 0 Å². The van der Waals surface area contributed by atoms with Crippen molar-refractivity contribution in [2.75, 3.05) is 23.8 Å². The number of amides is 3. The Labute approximate surface area is 152 Å². The number of para-hydroxylation sites is 1. The van der Waals surface area contributed by atoms with Crippen LogP contribution in [0.15, 0.2) is 48.5 Å². The van der Waals surface area contributed by atoms with Crippen molar-refractivity contribution in [1.29, 1.82) is 0 Å². The largest absolute Gasteiger partial charge is 0.355 e. The van der Waals surface area contributed by atoms with E-state index in [0.717, 1.165) is 11.3 Å². The molecule has 1 aliphatic heterocycles. The van der Waals surface area contributed by atoms with Crippen molar-refractivity contribution >= 4 is 29.1 Å². The number of benzene rings is 2. The molecule has 3 rings (SSSR count). The Kier molecular flexibility index (Phi) is 5.02. The van der Waals surface area contributed by atoms with Gasteiger partial charge in [-0.25, -0.2) is 0 Å². The van der Waals surface area contributed by atoms with E-state index in [4.69, 9.17) is 0 Å². The molecule has 134 valence electrons. The maximum Gasteiger partial charge on any atom is 0.253 e. The Morgan fingerprint density at radius 1 is 1.12 bits per heavy atom. The predicted molar refractivity (Wildman–Crippen MR) is 100 cm³/mol. The average Bonchev–Trinajstić information content (AvgIpc) is 3.03. The first kappa shape index (κ1) is 17.7. The summed E-state index contributed by atoms with van der Waals surface area (Å²) >= 11 is 0. The highest BCUT2D eigenvalue weighted by Crippen LogP contribution is 2.27. The number of nitrogens with one attached hydrogen (secondary N) is 2. The maximum atomic E-state index is 12.6. The van der Waals surface area contributed by atoms with Crippen molar-refractivity contribution < 1.29 is 14.4 Å². The number of rotatable bonds is 4. The smallest absolute Gasteiger partial charge is 0.253 e. The van der Waals surface area contributed by atoms with Crippen molar-refractivity contribution in [3.8, 4) is 0 Å². The van der Waals surface area contributed by atoms with Crippen LogP contribution in [-0.2, 0) is 9.59 Å². The minimum atomic E-state index is -0.458. The van der Waals surface area contributed by atoms with Crippen LogP contribution in [0.3, 0.4) is 0 Å². The third kappa shape index (κ3) is 3.59. The molecule has 2 N–H and O–H groups in total. The quantitative estimate of drug-likeness (QED) is 0.887. The summed E-state index contributed by atoms with van der Waals surface area (Å²) in [4.78, 5) is 38.6. The van der Waals surface area contributed by atoms with Gasteiger partial charge in [0.05, 0.1) is 17.2 Å². The molecule has 0 aromatic heterocycles. The Morgan fingerprint density at radius 2 is 1.88 bits per heavy atom. The van der Waals surface area contributed by atoms with E-state index in [2.05, 4.69) is 10.6 Å². The fourth-order valence-electron chi connectivity index (χ4n) is 3.09. The molecule has 1 atom stereocenters. The number of aryl methyl sites for hydroxylation is 1. The summed E-state index contributed by atoms with van der Waals surface area (Å²) in [6, 6.07) is 14.5. The third-order valence-electron chi connectivity index (χ3n) is 4.47. The van der Waals surface area contributed by atoms with Crippen molar-refractivity contribution in [2.45, 2.75) is 13.3 Å². The number of anilines is 2. The molecule has 0 spiro atoms. The van der Waals surface area contributed by atoms with Crippen molar-refractivity contribution in [2.24, 2.45) is 5.92 Å². The zero-order chi connectivity index (χ0) is 18.7. The van der Waals surface area contributed by atoms with Gasteiger partial charge >= 0.3 is 0 Å². The Bertz CT molecular complexity index is 863. The Balaban J connectivity index is 1.74. The molecular weight excluding hydrogens is 330 g/mol. The fourth-order valence-corrected chi connectivity index (χ4v) is 3.09. The molecule has 0 unspecified atom stereocenters. The van der Waals surface area contributed by atoms with Gasteiger partial charge in [0.15, 0.2) is 0 Å². The lowest BCUT2D eigenvalue weighted by atomic mass is 10.1. The van der Waals surface area contributed by atoms with Gasteiger partial charge in [-0.3, -0.25) is 14.4 Å². The molecule has 0 saturated carbocycles. The first-order valence-electron chi connectivity index (χ1n) is 8.48. The van der Waals surface area contributed by atoms with Gasteiger partial charge in [-0.05, 0) is 36.8 Å². The third-order valence-corrected chi connectivity index (χ3v) is 4.47. The maximum absolute atomic E-state index is 12.6. The van der Waals surface area contributed by atoms with Crippen LogP contribution >= 0.6 is 0 Å². The number of carbonyl (C=O) groups is 3. The summed E-state index contributed by atoms with van der Waals surface area (Å²) in [5, 5.41) is 5.35. The molecule has 2 aromatic carbocycles. The molecule has 1 heterocycles. The lowest BCUT2D eigenvalue weighted by Gasteiger charge is -2.17. The molecule has 1 aliphatic rings. The molecule has 0 radical (unpaired) electrons. The van der Waals surface area contributed by atoms with E-state index in [1.807, 2.05) is 31.2 Å². The van der Waals surface area contributed by atoms with E-state index >= 15 is 0 Å². The molecule has 26 heavy (non-hydrogen) atoms. The number of nitrogens with zero attached hydrogens (tertiary/aromatic N) is 1. The topological polar surface area (TPSA) is 78.5 Å². The van der Waals surface area contributed by atoms with Crippen molar-refractivity contribution in [3.63, 3.8) is 0 Å². The number of hydrogen-bond acceptors (Lipinski definition) is 3. The van der Waals surface area contributed by atoms with Crippen LogP contribution in [0, 0.1) is 12.8 Å². The Hall–Kier alpha value is -3.15. The van der Waals surface area contributed by atoms with Gasteiger partial charge in [-0.1, -0.05) is 24.3 Å². The lowest BCUT2D eigenvalue weighted by Crippen LogP contribution is -2.29. The summed E-state index contributed by atoms with van der Waals surface area (Å²) in [6.45, 7) is 2.29. The van der Waals surface area contributed by atoms with E-state index in [0.29, 0.717) is 17.8 Å². The van der Waals surface area contributed by atoms with E-state index in [1.165, 1.54) is 7.05 Å². The minimum Gasteiger partial charge on any atom is -0.355 e. The van der Waals surface area contributed by atoms with Gasteiger partial charge in [-0.2, -0.15) is 0 Å². The molecule has 2 aromatic rings. The molecule has 1 saturated heterocycles. The van der Waals surface area contributed by atoms with Gasteiger partial charge in [0, 0.05) is 25.7 Å². The molecule has 6 nitrogen and oxygen atoms in total. The summed E-state index contributed by atoms with van der Waals surface area (Å²) < 4.78 is 0. The monoisotopic (exact) mass is 351 g/mol. The van der Waals surface area contributed by atoms with Crippen LogP contribution in [0.5, 0.6) is 0 Å². The summed E-state index contributed by atoms with van der Waals surface area (Å²) in [6.07, 6.45) is 0.155. The van der Waals surface area contributed by atoms with Crippen LogP contribution < -0.4 is 15.5 Å².